The van der Waals surface area contributed by atoms with E-state index in [1.165, 1.54) is 12.8 Å². The molecule has 27 heavy (non-hydrogen) atoms. The number of anilines is 1. The van der Waals surface area contributed by atoms with Crippen molar-refractivity contribution >= 4 is 11.5 Å². The van der Waals surface area contributed by atoms with E-state index in [1.54, 1.807) is 16.9 Å². The SMILES string of the molecule is Cc1cc(N2CCC(Cn3nc(C4CC4)ccc3=O)CC2)n2nccc2n1. The molecule has 140 valence electrons. The van der Waals surface area contributed by atoms with Gasteiger partial charge in [0.2, 0.25) is 0 Å². The van der Waals surface area contributed by atoms with Gasteiger partial charge >= 0.3 is 0 Å². The van der Waals surface area contributed by atoms with Crippen molar-refractivity contribution in [1.82, 2.24) is 24.4 Å². The first kappa shape index (κ1) is 16.5. The Hall–Kier alpha value is -2.70. The van der Waals surface area contributed by atoms with E-state index in [0.29, 0.717) is 11.8 Å². The first-order valence-electron chi connectivity index (χ1n) is 9.82. The van der Waals surface area contributed by atoms with Crippen LogP contribution in [0.5, 0.6) is 0 Å². The molecular formula is C20H24N6O. The summed E-state index contributed by atoms with van der Waals surface area (Å²) in [6, 6.07) is 7.63. The summed E-state index contributed by atoms with van der Waals surface area (Å²) in [5, 5.41) is 9.04. The van der Waals surface area contributed by atoms with Gasteiger partial charge in [-0.1, -0.05) is 0 Å². The van der Waals surface area contributed by atoms with Gasteiger partial charge in [0.25, 0.3) is 5.56 Å². The quantitative estimate of drug-likeness (QED) is 0.711. The van der Waals surface area contributed by atoms with E-state index in [2.05, 4.69) is 26.1 Å². The van der Waals surface area contributed by atoms with Crippen molar-refractivity contribution in [3.05, 3.63) is 52.2 Å². The van der Waals surface area contributed by atoms with Gasteiger partial charge in [0.15, 0.2) is 5.65 Å². The van der Waals surface area contributed by atoms with E-state index in [0.717, 1.165) is 55.3 Å². The van der Waals surface area contributed by atoms with Crippen LogP contribution < -0.4 is 10.5 Å². The van der Waals surface area contributed by atoms with Gasteiger partial charge in [-0.05, 0) is 44.6 Å². The summed E-state index contributed by atoms with van der Waals surface area (Å²) in [4.78, 5) is 19.1. The van der Waals surface area contributed by atoms with Gasteiger partial charge in [-0.2, -0.15) is 14.7 Å². The highest BCUT2D eigenvalue weighted by molar-refractivity contribution is 5.50. The molecule has 0 spiro atoms. The minimum Gasteiger partial charge on any atom is -0.356 e. The van der Waals surface area contributed by atoms with Crippen molar-refractivity contribution in [2.24, 2.45) is 5.92 Å². The summed E-state index contributed by atoms with van der Waals surface area (Å²) in [5.74, 6) is 2.16. The molecule has 1 aliphatic heterocycles. The summed E-state index contributed by atoms with van der Waals surface area (Å²) in [7, 11) is 0. The number of aryl methyl sites for hydroxylation is 1. The number of hydrogen-bond donors (Lipinski definition) is 0. The van der Waals surface area contributed by atoms with Gasteiger partial charge in [0.1, 0.15) is 5.82 Å². The fourth-order valence-corrected chi connectivity index (χ4v) is 4.03. The second-order valence-corrected chi connectivity index (χ2v) is 7.84. The molecule has 1 aliphatic carbocycles. The van der Waals surface area contributed by atoms with Crippen LogP contribution in [0.25, 0.3) is 5.65 Å². The van der Waals surface area contributed by atoms with Gasteiger partial charge in [-0.25, -0.2) is 9.67 Å². The van der Waals surface area contributed by atoms with E-state index in [9.17, 15) is 4.79 Å². The standard InChI is InChI=1S/C20H24N6O/c1-14-12-19(26-18(22-14)6-9-21-26)24-10-7-15(8-11-24)13-25-20(27)5-4-17(23-25)16-2-3-16/h4-6,9,12,15-16H,2-3,7-8,10-11,13H2,1H3. The predicted molar refractivity (Wildman–Crippen MR) is 103 cm³/mol. The third-order valence-electron chi connectivity index (χ3n) is 5.72. The molecule has 0 radical (unpaired) electrons. The average Bonchev–Trinajstić information content (AvgIpc) is 3.41. The highest BCUT2D eigenvalue weighted by Gasteiger charge is 2.27. The minimum absolute atomic E-state index is 0.0184. The molecule has 0 atom stereocenters. The Morgan fingerprint density at radius 2 is 1.93 bits per heavy atom. The van der Waals surface area contributed by atoms with Crippen LogP contribution in [-0.2, 0) is 6.54 Å². The number of fused-ring (bicyclic) bond motifs is 1. The van der Waals surface area contributed by atoms with Gasteiger partial charge in [-0.3, -0.25) is 4.79 Å². The van der Waals surface area contributed by atoms with Crippen molar-refractivity contribution < 1.29 is 0 Å². The van der Waals surface area contributed by atoms with Crippen LogP contribution in [0.1, 0.15) is 43.0 Å². The zero-order valence-corrected chi connectivity index (χ0v) is 15.6. The second-order valence-electron chi connectivity index (χ2n) is 7.84. The fourth-order valence-electron chi connectivity index (χ4n) is 4.03. The van der Waals surface area contributed by atoms with Gasteiger partial charge in [0.05, 0.1) is 11.9 Å². The summed E-state index contributed by atoms with van der Waals surface area (Å²) < 4.78 is 3.61. The maximum Gasteiger partial charge on any atom is 0.266 e. The third-order valence-corrected chi connectivity index (χ3v) is 5.72. The Kier molecular flexibility index (Phi) is 3.95. The van der Waals surface area contributed by atoms with E-state index in [1.807, 2.05) is 23.6 Å². The van der Waals surface area contributed by atoms with Crippen LogP contribution in [0, 0.1) is 12.8 Å². The summed E-state index contributed by atoms with van der Waals surface area (Å²) in [6.45, 7) is 4.66. The summed E-state index contributed by atoms with van der Waals surface area (Å²) >= 11 is 0. The molecule has 7 heteroatoms. The molecule has 3 aromatic rings. The molecule has 0 N–H and O–H groups in total. The summed E-state index contributed by atoms with van der Waals surface area (Å²) in [6.07, 6.45) is 6.30. The van der Waals surface area contributed by atoms with E-state index in [-0.39, 0.29) is 5.56 Å². The lowest BCUT2D eigenvalue weighted by molar-refractivity contribution is 0.332. The molecule has 1 saturated heterocycles. The van der Waals surface area contributed by atoms with Crippen molar-refractivity contribution in [2.45, 2.75) is 45.1 Å². The summed E-state index contributed by atoms with van der Waals surface area (Å²) in [5.41, 5.74) is 3.00. The third kappa shape index (κ3) is 3.22. The first-order chi connectivity index (χ1) is 13.2. The van der Waals surface area contributed by atoms with Crippen LogP contribution in [0.4, 0.5) is 5.82 Å². The highest BCUT2D eigenvalue weighted by Crippen LogP contribution is 2.38. The van der Waals surface area contributed by atoms with Gasteiger partial charge < -0.3 is 4.90 Å². The van der Waals surface area contributed by atoms with E-state index >= 15 is 0 Å². The number of hydrogen-bond acceptors (Lipinski definition) is 5. The van der Waals surface area contributed by atoms with Gasteiger partial charge in [0, 0.05) is 49.4 Å². The van der Waals surface area contributed by atoms with Gasteiger partial charge in [-0.15, -0.1) is 0 Å². The second kappa shape index (κ2) is 6.48. The molecule has 4 heterocycles. The van der Waals surface area contributed by atoms with Crippen molar-refractivity contribution in [3.8, 4) is 0 Å². The lowest BCUT2D eigenvalue weighted by Gasteiger charge is -2.33. The molecule has 0 amide bonds. The fraction of sp³-hybridized carbons (Fsp3) is 0.500. The Balaban J connectivity index is 1.30. The smallest absolute Gasteiger partial charge is 0.266 e. The van der Waals surface area contributed by atoms with Crippen LogP contribution in [0.3, 0.4) is 0 Å². The zero-order valence-electron chi connectivity index (χ0n) is 15.6. The largest absolute Gasteiger partial charge is 0.356 e. The zero-order chi connectivity index (χ0) is 18.4. The first-order valence-corrected chi connectivity index (χ1v) is 9.82. The maximum absolute atomic E-state index is 12.2. The van der Waals surface area contributed by atoms with Crippen LogP contribution >= 0.6 is 0 Å². The predicted octanol–water partition coefficient (Wildman–Crippen LogP) is 2.39. The molecule has 7 nitrogen and oxygen atoms in total. The topological polar surface area (TPSA) is 68.3 Å². The average molecular weight is 364 g/mol. The lowest BCUT2D eigenvalue weighted by atomic mass is 9.97. The normalized spacial score (nSPS) is 18.3. The number of piperidine rings is 1. The molecule has 3 aromatic heterocycles. The molecule has 0 aromatic carbocycles. The molecule has 2 fully saturated rings. The Bertz CT molecular complexity index is 1030. The molecule has 5 rings (SSSR count). The van der Waals surface area contributed by atoms with Crippen LogP contribution in [0.2, 0.25) is 0 Å². The monoisotopic (exact) mass is 364 g/mol. The Labute approximate surface area is 157 Å². The molecular weight excluding hydrogens is 340 g/mol. The molecule has 0 unspecified atom stereocenters. The lowest BCUT2D eigenvalue weighted by Crippen LogP contribution is -2.38. The van der Waals surface area contributed by atoms with E-state index in [4.69, 9.17) is 0 Å². The number of rotatable bonds is 4. The highest BCUT2D eigenvalue weighted by atomic mass is 16.1. The van der Waals surface area contributed by atoms with Crippen LogP contribution in [-0.4, -0.2) is 37.5 Å². The van der Waals surface area contributed by atoms with Crippen molar-refractivity contribution in [1.29, 1.82) is 0 Å². The number of aromatic nitrogens is 5. The minimum atomic E-state index is 0.0184. The van der Waals surface area contributed by atoms with Crippen molar-refractivity contribution in [3.63, 3.8) is 0 Å². The maximum atomic E-state index is 12.2. The van der Waals surface area contributed by atoms with E-state index < -0.39 is 0 Å². The molecule has 1 saturated carbocycles. The van der Waals surface area contributed by atoms with Crippen LogP contribution in [0.15, 0.2) is 35.3 Å². The Morgan fingerprint density at radius 1 is 1.11 bits per heavy atom. The molecule has 0 bridgehead atoms. The Morgan fingerprint density at radius 3 is 2.70 bits per heavy atom. The number of nitrogens with zero attached hydrogens (tertiary/aromatic N) is 6. The van der Waals surface area contributed by atoms with Crippen molar-refractivity contribution in [2.75, 3.05) is 18.0 Å². The molecule has 2 aliphatic rings.